The lowest BCUT2D eigenvalue weighted by atomic mass is 10.2. The molecule has 1 fully saturated rings. The number of nitrogens with zero attached hydrogens (tertiary/aromatic N) is 1. The first-order valence-electron chi connectivity index (χ1n) is 5.82. The van der Waals surface area contributed by atoms with E-state index in [1.165, 1.54) is 25.7 Å². The predicted molar refractivity (Wildman–Crippen MR) is 63.0 cm³/mol. The Hall–Kier alpha value is -1.09. The highest BCUT2D eigenvalue weighted by atomic mass is 15.0. The molecule has 0 bridgehead atoms. The van der Waals surface area contributed by atoms with E-state index in [2.05, 4.69) is 15.6 Å². The minimum atomic E-state index is 0.768. The Morgan fingerprint density at radius 3 is 2.60 bits per heavy atom. The van der Waals surface area contributed by atoms with Gasteiger partial charge in [0.25, 0.3) is 0 Å². The quantitative estimate of drug-likeness (QED) is 0.722. The summed E-state index contributed by atoms with van der Waals surface area (Å²) in [5.41, 5.74) is 1.15. The zero-order valence-electron chi connectivity index (χ0n) is 9.08. The van der Waals surface area contributed by atoms with Gasteiger partial charge in [0.15, 0.2) is 0 Å². The van der Waals surface area contributed by atoms with E-state index in [0.29, 0.717) is 0 Å². The second kappa shape index (κ2) is 5.71. The molecule has 1 aliphatic carbocycles. The Kier molecular flexibility index (Phi) is 3.97. The molecule has 0 aromatic carbocycles. The lowest BCUT2D eigenvalue weighted by Crippen LogP contribution is -2.30. The van der Waals surface area contributed by atoms with Crippen molar-refractivity contribution in [2.75, 3.05) is 18.4 Å². The molecule has 0 unspecified atom stereocenters. The molecule has 1 aliphatic rings. The number of rotatable bonds is 5. The number of aromatic nitrogens is 1. The van der Waals surface area contributed by atoms with Crippen molar-refractivity contribution >= 4 is 5.69 Å². The van der Waals surface area contributed by atoms with Crippen molar-refractivity contribution in [3.05, 3.63) is 24.5 Å². The lowest BCUT2D eigenvalue weighted by Gasteiger charge is -2.12. The summed E-state index contributed by atoms with van der Waals surface area (Å²) in [6.45, 7) is 2.04. The van der Waals surface area contributed by atoms with Crippen molar-refractivity contribution in [2.45, 2.75) is 31.7 Å². The fourth-order valence-corrected chi connectivity index (χ4v) is 2.08. The Balaban J connectivity index is 1.59. The van der Waals surface area contributed by atoms with E-state index in [9.17, 15) is 0 Å². The highest BCUT2D eigenvalue weighted by Crippen LogP contribution is 2.17. The van der Waals surface area contributed by atoms with Gasteiger partial charge in [-0.25, -0.2) is 0 Å². The van der Waals surface area contributed by atoms with Crippen molar-refractivity contribution in [2.24, 2.45) is 0 Å². The van der Waals surface area contributed by atoms with Crippen LogP contribution in [0.5, 0.6) is 0 Å². The molecule has 15 heavy (non-hydrogen) atoms. The molecule has 1 aromatic rings. The van der Waals surface area contributed by atoms with Crippen LogP contribution in [0.3, 0.4) is 0 Å². The highest BCUT2D eigenvalue weighted by molar-refractivity contribution is 5.40. The lowest BCUT2D eigenvalue weighted by molar-refractivity contribution is 0.536. The van der Waals surface area contributed by atoms with Gasteiger partial charge in [-0.3, -0.25) is 4.98 Å². The molecule has 0 saturated heterocycles. The molecule has 82 valence electrons. The largest absolute Gasteiger partial charge is 0.384 e. The Bertz CT molecular complexity index is 267. The SMILES string of the molecule is c1cc(NCCNC2CCCC2)ccn1. The first-order chi connectivity index (χ1) is 7.45. The summed E-state index contributed by atoms with van der Waals surface area (Å²) in [7, 11) is 0. The van der Waals surface area contributed by atoms with Gasteiger partial charge in [-0.2, -0.15) is 0 Å². The smallest absolute Gasteiger partial charge is 0.0371 e. The summed E-state index contributed by atoms with van der Waals surface area (Å²) in [5.74, 6) is 0. The van der Waals surface area contributed by atoms with Crippen LogP contribution in [0.2, 0.25) is 0 Å². The molecular formula is C12H19N3. The van der Waals surface area contributed by atoms with Crippen LogP contribution in [0, 0.1) is 0 Å². The van der Waals surface area contributed by atoms with Gasteiger partial charge in [0.05, 0.1) is 0 Å². The summed E-state index contributed by atoms with van der Waals surface area (Å²) in [6.07, 6.45) is 9.13. The van der Waals surface area contributed by atoms with E-state index in [1.807, 2.05) is 24.5 Å². The van der Waals surface area contributed by atoms with Gasteiger partial charge in [0.1, 0.15) is 0 Å². The number of hydrogen-bond acceptors (Lipinski definition) is 3. The van der Waals surface area contributed by atoms with E-state index < -0.39 is 0 Å². The second-order valence-electron chi connectivity index (χ2n) is 4.10. The summed E-state index contributed by atoms with van der Waals surface area (Å²) in [4.78, 5) is 3.98. The molecule has 3 nitrogen and oxygen atoms in total. The molecule has 0 aliphatic heterocycles. The van der Waals surface area contributed by atoms with Crippen LogP contribution in [0.25, 0.3) is 0 Å². The van der Waals surface area contributed by atoms with Crippen LogP contribution >= 0.6 is 0 Å². The number of hydrogen-bond donors (Lipinski definition) is 2. The molecule has 2 N–H and O–H groups in total. The van der Waals surface area contributed by atoms with E-state index in [1.54, 1.807) is 0 Å². The second-order valence-corrected chi connectivity index (χ2v) is 4.10. The Morgan fingerprint density at radius 1 is 1.13 bits per heavy atom. The standard InChI is InChI=1S/C12H19N3/c1-2-4-11(3-1)14-9-10-15-12-5-7-13-8-6-12/h5-8,11,14H,1-4,9-10H2,(H,13,15). The van der Waals surface area contributed by atoms with Gasteiger partial charge in [-0.05, 0) is 25.0 Å². The van der Waals surface area contributed by atoms with Crippen molar-refractivity contribution < 1.29 is 0 Å². The van der Waals surface area contributed by atoms with Crippen molar-refractivity contribution in [3.8, 4) is 0 Å². The Labute approximate surface area is 91.3 Å². The van der Waals surface area contributed by atoms with Gasteiger partial charge >= 0.3 is 0 Å². The Morgan fingerprint density at radius 2 is 1.87 bits per heavy atom. The first-order valence-corrected chi connectivity index (χ1v) is 5.82. The van der Waals surface area contributed by atoms with Crippen LogP contribution in [-0.4, -0.2) is 24.1 Å². The van der Waals surface area contributed by atoms with Gasteiger partial charge in [0.2, 0.25) is 0 Å². The third-order valence-corrected chi connectivity index (χ3v) is 2.92. The molecule has 1 aromatic heterocycles. The van der Waals surface area contributed by atoms with E-state index in [0.717, 1.165) is 24.8 Å². The van der Waals surface area contributed by atoms with Crippen LogP contribution < -0.4 is 10.6 Å². The molecule has 3 heteroatoms. The summed E-state index contributed by atoms with van der Waals surface area (Å²) >= 11 is 0. The minimum absolute atomic E-state index is 0.768. The van der Waals surface area contributed by atoms with E-state index >= 15 is 0 Å². The van der Waals surface area contributed by atoms with Crippen molar-refractivity contribution in [1.29, 1.82) is 0 Å². The fourth-order valence-electron chi connectivity index (χ4n) is 2.08. The monoisotopic (exact) mass is 205 g/mol. The third-order valence-electron chi connectivity index (χ3n) is 2.92. The molecule has 1 saturated carbocycles. The summed E-state index contributed by atoms with van der Waals surface area (Å²) in [5, 5.41) is 6.94. The maximum atomic E-state index is 3.98. The number of nitrogens with one attached hydrogen (secondary N) is 2. The molecule has 0 atom stereocenters. The van der Waals surface area contributed by atoms with Crippen LogP contribution in [0.15, 0.2) is 24.5 Å². The van der Waals surface area contributed by atoms with Gasteiger partial charge in [0, 0.05) is 37.2 Å². The van der Waals surface area contributed by atoms with Gasteiger partial charge < -0.3 is 10.6 Å². The first kappa shape index (κ1) is 10.4. The van der Waals surface area contributed by atoms with Crippen LogP contribution in [0.4, 0.5) is 5.69 Å². The summed E-state index contributed by atoms with van der Waals surface area (Å²) in [6, 6.07) is 4.76. The minimum Gasteiger partial charge on any atom is -0.384 e. The normalized spacial score (nSPS) is 16.8. The topological polar surface area (TPSA) is 37.0 Å². The zero-order chi connectivity index (χ0) is 10.3. The van der Waals surface area contributed by atoms with Crippen molar-refractivity contribution in [3.63, 3.8) is 0 Å². The van der Waals surface area contributed by atoms with Crippen LogP contribution in [0.1, 0.15) is 25.7 Å². The number of anilines is 1. The molecule has 0 radical (unpaired) electrons. The summed E-state index contributed by atoms with van der Waals surface area (Å²) < 4.78 is 0. The predicted octanol–water partition coefficient (Wildman–Crippen LogP) is 2.03. The fraction of sp³-hybridized carbons (Fsp3) is 0.583. The van der Waals surface area contributed by atoms with Crippen LogP contribution in [-0.2, 0) is 0 Å². The van der Waals surface area contributed by atoms with E-state index in [4.69, 9.17) is 0 Å². The van der Waals surface area contributed by atoms with E-state index in [-0.39, 0.29) is 0 Å². The molecule has 2 rings (SSSR count). The molecule has 1 heterocycles. The number of pyridine rings is 1. The maximum absolute atomic E-state index is 3.98. The third kappa shape index (κ3) is 3.51. The van der Waals surface area contributed by atoms with Crippen molar-refractivity contribution in [1.82, 2.24) is 10.3 Å². The molecule has 0 amide bonds. The zero-order valence-corrected chi connectivity index (χ0v) is 9.08. The average Bonchev–Trinajstić information content (AvgIpc) is 2.79. The molecule has 0 spiro atoms. The highest BCUT2D eigenvalue weighted by Gasteiger charge is 2.12. The van der Waals surface area contributed by atoms with Gasteiger partial charge in [-0.1, -0.05) is 12.8 Å². The maximum Gasteiger partial charge on any atom is 0.0371 e. The molecular weight excluding hydrogens is 186 g/mol. The average molecular weight is 205 g/mol. The van der Waals surface area contributed by atoms with Gasteiger partial charge in [-0.15, -0.1) is 0 Å².